The molecule has 2 aromatic rings. The molecule has 3 atom stereocenters. The zero-order valence-corrected chi connectivity index (χ0v) is 30.6. The Labute approximate surface area is 292 Å². The van der Waals surface area contributed by atoms with Gasteiger partial charge in [0, 0.05) is 19.9 Å². The summed E-state index contributed by atoms with van der Waals surface area (Å²) in [4.78, 5) is 41.9. The minimum Gasteiger partial charge on any atom is -0.495 e. The zero-order chi connectivity index (χ0) is 37.1. The van der Waals surface area contributed by atoms with Gasteiger partial charge in [-0.25, -0.2) is 4.79 Å². The molecular formula is C37H57ClN2O8. The first-order valence-corrected chi connectivity index (χ1v) is 16.6. The quantitative estimate of drug-likeness (QED) is 0.0912. The van der Waals surface area contributed by atoms with E-state index >= 15 is 0 Å². The Morgan fingerprint density at radius 3 is 2.10 bits per heavy atom. The molecule has 11 heteroatoms. The number of rotatable bonds is 15. The maximum Gasteiger partial charge on any atom is 0.345 e. The van der Waals surface area contributed by atoms with Crippen molar-refractivity contribution in [2.75, 3.05) is 13.7 Å². The van der Waals surface area contributed by atoms with Crippen LogP contribution in [0, 0.1) is 18.8 Å². The Morgan fingerprint density at radius 1 is 1.04 bits per heavy atom. The maximum absolute atomic E-state index is 10.8. The van der Waals surface area contributed by atoms with Gasteiger partial charge in [-0.2, -0.15) is 0 Å². The van der Waals surface area contributed by atoms with Crippen molar-refractivity contribution >= 4 is 35.4 Å². The standard InChI is InChI=1S/C16H23NO2.C9H16O4.C8H9ClO.C4H9NO/c1-13(8-4-2-7-11-16(17)19)15(18)12-14-9-5-3-6-10-14;1-4-8(10)13-7(9(11)12)5-6(2)3;1-6-3-4-8(10-2)7(9)5-6;1-3-5-4(2)6/h3,5-7,9-11,13,15,18H,2,4,8,12H2,1H3,(H2,17,19);6-7H,4-5H2,1-3H3,(H,11,12);3-5H,1-2H3;3H2,1-2H3,(H,5,6)/b11-7+;;;. The topological polar surface area (TPSA) is 165 Å². The molecule has 3 unspecified atom stereocenters. The number of hydrogen-bond acceptors (Lipinski definition) is 7. The average Bonchev–Trinajstić information content (AvgIpc) is 3.01. The number of methoxy groups -OCH3 is 1. The van der Waals surface area contributed by atoms with Crippen LogP contribution in [0.15, 0.2) is 60.7 Å². The van der Waals surface area contributed by atoms with Crippen LogP contribution in [0.4, 0.5) is 0 Å². The summed E-state index contributed by atoms with van der Waals surface area (Å²) in [6.45, 7) is 13.6. The Kier molecular flexibility index (Phi) is 27.1. The van der Waals surface area contributed by atoms with Crippen LogP contribution in [-0.2, 0) is 30.3 Å². The highest BCUT2D eigenvalue weighted by Crippen LogP contribution is 2.24. The number of unbranched alkanes of at least 4 members (excludes halogenated alkanes) is 1. The van der Waals surface area contributed by atoms with E-state index in [2.05, 4.69) is 12.2 Å². The lowest BCUT2D eigenvalue weighted by Gasteiger charge is -2.18. The summed E-state index contributed by atoms with van der Waals surface area (Å²) in [5, 5.41) is 22.1. The number of esters is 1. The van der Waals surface area contributed by atoms with Gasteiger partial charge in [0.15, 0.2) is 6.10 Å². The third-order valence-corrected chi connectivity index (χ3v) is 6.81. The highest BCUT2D eigenvalue weighted by molar-refractivity contribution is 6.32. The maximum atomic E-state index is 10.8. The van der Waals surface area contributed by atoms with E-state index in [-0.39, 0.29) is 30.3 Å². The Hall–Kier alpha value is -3.89. The van der Waals surface area contributed by atoms with Crippen molar-refractivity contribution in [2.45, 2.75) is 99.2 Å². The summed E-state index contributed by atoms with van der Waals surface area (Å²) in [5.41, 5.74) is 7.31. The van der Waals surface area contributed by atoms with Gasteiger partial charge in [0.25, 0.3) is 0 Å². The van der Waals surface area contributed by atoms with E-state index in [0.29, 0.717) is 17.9 Å². The molecule has 5 N–H and O–H groups in total. The second-order valence-electron chi connectivity index (χ2n) is 11.5. The van der Waals surface area contributed by atoms with Crippen LogP contribution >= 0.6 is 11.6 Å². The number of carbonyl (C=O) groups excluding carboxylic acids is 3. The highest BCUT2D eigenvalue weighted by atomic mass is 35.5. The molecular weight excluding hydrogens is 636 g/mol. The predicted octanol–water partition coefficient (Wildman–Crippen LogP) is 6.68. The van der Waals surface area contributed by atoms with Crippen LogP contribution in [0.25, 0.3) is 0 Å². The minimum absolute atomic E-state index is 0.0394. The first-order valence-electron chi connectivity index (χ1n) is 16.2. The first-order chi connectivity index (χ1) is 22.6. The van der Waals surface area contributed by atoms with Crippen LogP contribution in [-0.4, -0.2) is 59.8 Å². The number of allylic oxidation sites excluding steroid dienone is 1. The number of halogens is 1. The van der Waals surface area contributed by atoms with Crippen molar-refractivity contribution in [3.05, 3.63) is 76.8 Å². The van der Waals surface area contributed by atoms with E-state index in [1.54, 1.807) is 20.1 Å². The van der Waals surface area contributed by atoms with Gasteiger partial charge >= 0.3 is 11.9 Å². The van der Waals surface area contributed by atoms with Crippen molar-refractivity contribution in [2.24, 2.45) is 17.6 Å². The fourth-order valence-corrected chi connectivity index (χ4v) is 4.21. The Balaban J connectivity index is 0. The van der Waals surface area contributed by atoms with Gasteiger partial charge in [0.2, 0.25) is 11.8 Å². The number of aliphatic hydroxyl groups excluding tert-OH is 1. The van der Waals surface area contributed by atoms with Gasteiger partial charge < -0.3 is 30.7 Å². The predicted molar refractivity (Wildman–Crippen MR) is 192 cm³/mol. The van der Waals surface area contributed by atoms with E-state index in [1.165, 1.54) is 13.0 Å². The summed E-state index contributed by atoms with van der Waals surface area (Å²) < 4.78 is 9.70. The fraction of sp³-hybridized carbons (Fsp3) is 0.514. The van der Waals surface area contributed by atoms with Gasteiger partial charge in [-0.3, -0.25) is 14.4 Å². The third-order valence-electron chi connectivity index (χ3n) is 6.51. The molecule has 0 spiro atoms. The molecule has 0 aliphatic carbocycles. The second-order valence-corrected chi connectivity index (χ2v) is 11.9. The molecule has 0 aromatic heterocycles. The smallest absolute Gasteiger partial charge is 0.345 e. The molecule has 0 saturated carbocycles. The summed E-state index contributed by atoms with van der Waals surface area (Å²) in [6.07, 6.45) is 5.86. The largest absolute Gasteiger partial charge is 0.495 e. The Morgan fingerprint density at radius 2 is 1.67 bits per heavy atom. The van der Waals surface area contributed by atoms with Crippen LogP contribution in [0.3, 0.4) is 0 Å². The van der Waals surface area contributed by atoms with E-state index in [9.17, 15) is 24.3 Å². The van der Waals surface area contributed by atoms with E-state index < -0.39 is 23.9 Å². The molecule has 0 radical (unpaired) electrons. The zero-order valence-electron chi connectivity index (χ0n) is 29.8. The number of benzene rings is 2. The van der Waals surface area contributed by atoms with Gasteiger partial charge in [-0.1, -0.05) is 81.8 Å². The summed E-state index contributed by atoms with van der Waals surface area (Å²) >= 11 is 5.80. The van der Waals surface area contributed by atoms with E-state index in [0.717, 1.165) is 42.7 Å². The lowest BCUT2D eigenvalue weighted by molar-refractivity contribution is -0.164. The average molecular weight is 693 g/mol. The summed E-state index contributed by atoms with van der Waals surface area (Å²) in [5.74, 6) is -0.724. The van der Waals surface area contributed by atoms with Crippen molar-refractivity contribution in [3.8, 4) is 5.75 Å². The lowest BCUT2D eigenvalue weighted by atomic mass is 9.93. The molecule has 10 nitrogen and oxygen atoms in total. The molecule has 0 bridgehead atoms. The number of aliphatic carboxylic acids is 1. The van der Waals surface area contributed by atoms with Crippen molar-refractivity contribution < 1.29 is 38.9 Å². The molecule has 2 amide bonds. The number of nitrogens with two attached hydrogens (primary N) is 1. The molecule has 2 aromatic carbocycles. The molecule has 48 heavy (non-hydrogen) atoms. The third kappa shape index (κ3) is 26.2. The monoisotopic (exact) mass is 692 g/mol. The molecule has 0 heterocycles. The van der Waals surface area contributed by atoms with Gasteiger partial charge in [0.1, 0.15) is 5.75 Å². The number of aryl methyl sites for hydroxylation is 1. The Bertz CT molecular complexity index is 1220. The van der Waals surface area contributed by atoms with E-state index in [1.807, 2.05) is 76.2 Å². The van der Waals surface area contributed by atoms with Crippen LogP contribution in [0.1, 0.15) is 84.8 Å². The summed E-state index contributed by atoms with van der Waals surface area (Å²) in [7, 11) is 1.61. The number of ether oxygens (including phenoxy) is 2. The lowest BCUT2D eigenvalue weighted by Crippen LogP contribution is -2.28. The number of carboxylic acid groups (broad SMARTS) is 1. The molecule has 0 aliphatic rings. The minimum atomic E-state index is -1.07. The van der Waals surface area contributed by atoms with Crippen LogP contribution in [0.5, 0.6) is 5.75 Å². The normalized spacial score (nSPS) is 12.1. The van der Waals surface area contributed by atoms with Crippen LogP contribution < -0.4 is 15.8 Å². The molecule has 0 aliphatic heterocycles. The molecule has 2 rings (SSSR count). The number of carboxylic acids is 1. The van der Waals surface area contributed by atoms with E-state index in [4.69, 9.17) is 31.9 Å². The first kappa shape index (κ1) is 46.2. The van der Waals surface area contributed by atoms with Crippen LogP contribution in [0.2, 0.25) is 5.02 Å². The molecule has 270 valence electrons. The highest BCUT2D eigenvalue weighted by Gasteiger charge is 2.22. The van der Waals surface area contributed by atoms with Gasteiger partial charge in [0.05, 0.1) is 18.2 Å². The van der Waals surface area contributed by atoms with Crippen molar-refractivity contribution in [1.29, 1.82) is 0 Å². The van der Waals surface area contributed by atoms with Gasteiger partial charge in [-0.05, 0) is 87.1 Å². The number of nitrogens with one attached hydrogen (secondary N) is 1. The number of aliphatic hydroxyl groups is 1. The summed E-state index contributed by atoms with van der Waals surface area (Å²) in [6, 6.07) is 15.7. The van der Waals surface area contributed by atoms with Crippen molar-refractivity contribution in [1.82, 2.24) is 5.32 Å². The fourth-order valence-electron chi connectivity index (χ4n) is 3.90. The van der Waals surface area contributed by atoms with Crippen molar-refractivity contribution in [3.63, 3.8) is 0 Å². The number of carbonyl (C=O) groups is 4. The molecule has 0 saturated heterocycles. The number of hydrogen-bond donors (Lipinski definition) is 4. The second kappa shape index (κ2) is 28.2. The SMILES string of the molecule is CC(CCC/C=C/C(N)=O)C(O)Cc1ccccc1.CCC(=O)OC(CC(C)C)C(=O)O.CCNC(C)=O.COc1ccc(C)cc1Cl. The van der Waals surface area contributed by atoms with Gasteiger partial charge in [-0.15, -0.1) is 0 Å². The molecule has 0 fully saturated rings. The number of primary amides is 1. The number of amides is 2.